The number of hydrogen-bond acceptors (Lipinski definition) is 1. The van der Waals surface area contributed by atoms with Crippen LogP contribution in [0.25, 0.3) is 27.1 Å². The second kappa shape index (κ2) is 5.36. The van der Waals surface area contributed by atoms with E-state index in [0.717, 1.165) is 5.75 Å². The van der Waals surface area contributed by atoms with E-state index in [4.69, 9.17) is 4.74 Å². The smallest absolute Gasteiger partial charge is 0.136 e. The molecule has 0 saturated carbocycles. The van der Waals surface area contributed by atoms with Crippen LogP contribution in [0.4, 0.5) is 0 Å². The Labute approximate surface area is 156 Å². The van der Waals surface area contributed by atoms with Crippen molar-refractivity contribution in [1.29, 1.82) is 0 Å². The summed E-state index contributed by atoms with van der Waals surface area (Å²) in [5.74, 6) is 1.07. The third kappa shape index (κ3) is 2.03. The third-order valence-corrected chi connectivity index (χ3v) is 6.81. The number of aryl methyl sites for hydroxylation is 2. The van der Waals surface area contributed by atoms with Gasteiger partial charge in [-0.05, 0) is 105 Å². The molecule has 0 amide bonds. The molecule has 0 atom stereocenters. The van der Waals surface area contributed by atoms with Crippen molar-refractivity contribution in [3.05, 3.63) is 57.7 Å². The first-order valence-corrected chi connectivity index (χ1v) is 9.49. The number of fused-ring (bicyclic) bond motifs is 6. The van der Waals surface area contributed by atoms with Crippen LogP contribution in [0.5, 0.6) is 5.75 Å². The molecule has 0 aliphatic carbocycles. The zero-order valence-corrected chi connectivity index (χ0v) is 17.2. The van der Waals surface area contributed by atoms with E-state index in [1.807, 2.05) is 0 Å². The Hall–Kier alpha value is -2.28. The highest BCUT2D eigenvalue weighted by atomic mass is 16.5. The summed E-state index contributed by atoms with van der Waals surface area (Å²) in [4.78, 5) is 0. The molecule has 0 fully saturated rings. The standard InChI is InChI=1S/C25H28O/c1-13-14(2)16(4)23-21(15(13)3)19-11-9-10-12-20(19)22-17(5)18(6)25(7,8)26-24(22)23/h9-12H,1-8H3. The molecule has 26 heavy (non-hydrogen) atoms. The molecule has 3 aromatic rings. The lowest BCUT2D eigenvalue weighted by Crippen LogP contribution is -2.33. The largest absolute Gasteiger partial charge is 0.482 e. The Morgan fingerprint density at radius 3 is 1.85 bits per heavy atom. The van der Waals surface area contributed by atoms with E-state index in [9.17, 15) is 0 Å². The number of ether oxygens (including phenoxy) is 1. The molecule has 0 aromatic heterocycles. The van der Waals surface area contributed by atoms with Gasteiger partial charge in [0.25, 0.3) is 0 Å². The molecule has 1 aliphatic heterocycles. The van der Waals surface area contributed by atoms with Crippen molar-refractivity contribution in [1.82, 2.24) is 0 Å². The lowest BCUT2D eigenvalue weighted by molar-refractivity contribution is 0.147. The first kappa shape index (κ1) is 17.1. The lowest BCUT2D eigenvalue weighted by atomic mass is 9.81. The summed E-state index contributed by atoms with van der Waals surface area (Å²) in [7, 11) is 0. The molecule has 0 radical (unpaired) electrons. The molecule has 3 aromatic carbocycles. The zero-order chi connectivity index (χ0) is 19.0. The zero-order valence-electron chi connectivity index (χ0n) is 17.2. The molecular weight excluding hydrogens is 316 g/mol. The Bertz CT molecular complexity index is 1130. The minimum atomic E-state index is -0.286. The second-order valence-corrected chi connectivity index (χ2v) is 8.36. The van der Waals surface area contributed by atoms with Gasteiger partial charge >= 0.3 is 0 Å². The van der Waals surface area contributed by atoms with Crippen molar-refractivity contribution in [3.8, 4) is 5.75 Å². The van der Waals surface area contributed by atoms with Crippen LogP contribution in [0, 0.1) is 27.7 Å². The van der Waals surface area contributed by atoms with Crippen LogP contribution in [0.15, 0.2) is 29.8 Å². The van der Waals surface area contributed by atoms with Gasteiger partial charge in [0.05, 0.1) is 0 Å². The molecule has 0 bridgehead atoms. The predicted octanol–water partition coefficient (Wildman–Crippen LogP) is 7.19. The SMILES string of the molecule is CC1=C(C)C(C)(C)Oc2c1c1ccccc1c1c(C)c(C)c(C)c(C)c21. The highest BCUT2D eigenvalue weighted by molar-refractivity contribution is 6.18. The topological polar surface area (TPSA) is 9.23 Å². The first-order chi connectivity index (χ1) is 12.2. The number of hydrogen-bond donors (Lipinski definition) is 0. The average Bonchev–Trinajstić information content (AvgIpc) is 2.61. The monoisotopic (exact) mass is 344 g/mol. The maximum atomic E-state index is 6.70. The number of allylic oxidation sites excluding steroid dienone is 1. The van der Waals surface area contributed by atoms with Crippen molar-refractivity contribution in [2.24, 2.45) is 0 Å². The summed E-state index contributed by atoms with van der Waals surface area (Å²) in [5.41, 5.74) is 9.12. The molecule has 1 heterocycles. The highest BCUT2D eigenvalue weighted by Crippen LogP contribution is 2.50. The fraction of sp³-hybridized carbons (Fsp3) is 0.360. The summed E-state index contributed by atoms with van der Waals surface area (Å²) < 4.78 is 6.70. The van der Waals surface area contributed by atoms with Crippen LogP contribution in [0.3, 0.4) is 0 Å². The van der Waals surface area contributed by atoms with Crippen LogP contribution in [-0.4, -0.2) is 5.60 Å². The lowest BCUT2D eigenvalue weighted by Gasteiger charge is -2.37. The van der Waals surface area contributed by atoms with E-state index >= 15 is 0 Å². The molecule has 0 saturated heterocycles. The van der Waals surface area contributed by atoms with Gasteiger partial charge in [-0.1, -0.05) is 24.3 Å². The summed E-state index contributed by atoms with van der Waals surface area (Å²) in [6, 6.07) is 8.80. The maximum absolute atomic E-state index is 6.70. The highest BCUT2D eigenvalue weighted by Gasteiger charge is 2.34. The first-order valence-electron chi connectivity index (χ1n) is 9.49. The maximum Gasteiger partial charge on any atom is 0.136 e. The molecule has 1 nitrogen and oxygen atoms in total. The van der Waals surface area contributed by atoms with Gasteiger partial charge in [-0.15, -0.1) is 0 Å². The molecule has 0 N–H and O–H groups in total. The van der Waals surface area contributed by atoms with E-state index in [0.29, 0.717) is 0 Å². The number of rotatable bonds is 0. The Kier molecular flexibility index (Phi) is 3.54. The average molecular weight is 344 g/mol. The normalized spacial score (nSPS) is 16.2. The van der Waals surface area contributed by atoms with Gasteiger partial charge in [0, 0.05) is 10.9 Å². The van der Waals surface area contributed by atoms with Gasteiger partial charge in [-0.3, -0.25) is 0 Å². The summed E-state index contributed by atoms with van der Waals surface area (Å²) in [6.07, 6.45) is 0. The van der Waals surface area contributed by atoms with Crippen molar-refractivity contribution >= 4 is 27.1 Å². The van der Waals surface area contributed by atoms with Crippen LogP contribution >= 0.6 is 0 Å². The predicted molar refractivity (Wildman–Crippen MR) is 113 cm³/mol. The second-order valence-electron chi connectivity index (χ2n) is 8.36. The minimum Gasteiger partial charge on any atom is -0.482 e. The Morgan fingerprint density at radius 1 is 0.692 bits per heavy atom. The van der Waals surface area contributed by atoms with Gasteiger partial charge in [-0.2, -0.15) is 0 Å². The van der Waals surface area contributed by atoms with E-state index in [2.05, 4.69) is 79.7 Å². The van der Waals surface area contributed by atoms with Crippen molar-refractivity contribution in [2.75, 3.05) is 0 Å². The van der Waals surface area contributed by atoms with E-state index in [-0.39, 0.29) is 5.60 Å². The van der Waals surface area contributed by atoms with Gasteiger partial charge < -0.3 is 4.74 Å². The molecule has 0 spiro atoms. The van der Waals surface area contributed by atoms with E-state index in [1.165, 1.54) is 60.5 Å². The van der Waals surface area contributed by atoms with Crippen molar-refractivity contribution < 1.29 is 4.74 Å². The van der Waals surface area contributed by atoms with Crippen LogP contribution < -0.4 is 4.74 Å². The summed E-state index contributed by atoms with van der Waals surface area (Å²) in [6.45, 7) is 17.8. The van der Waals surface area contributed by atoms with Crippen molar-refractivity contribution in [2.45, 2.75) is 61.0 Å². The van der Waals surface area contributed by atoms with Gasteiger partial charge in [0.1, 0.15) is 11.4 Å². The quantitative estimate of drug-likeness (QED) is 0.392. The molecule has 134 valence electrons. The molecular formula is C25H28O. The Balaban J connectivity index is 2.38. The molecule has 1 heteroatoms. The van der Waals surface area contributed by atoms with Crippen LogP contribution in [-0.2, 0) is 0 Å². The minimum absolute atomic E-state index is 0.286. The Morgan fingerprint density at radius 2 is 1.23 bits per heavy atom. The van der Waals surface area contributed by atoms with Crippen LogP contribution in [0.2, 0.25) is 0 Å². The fourth-order valence-corrected chi connectivity index (χ4v) is 4.54. The number of benzene rings is 3. The van der Waals surface area contributed by atoms with Gasteiger partial charge in [0.15, 0.2) is 0 Å². The summed E-state index contributed by atoms with van der Waals surface area (Å²) >= 11 is 0. The molecule has 4 rings (SSSR count). The van der Waals surface area contributed by atoms with E-state index < -0.39 is 0 Å². The third-order valence-electron chi connectivity index (χ3n) is 6.81. The summed E-state index contributed by atoms with van der Waals surface area (Å²) in [5, 5.41) is 5.27. The van der Waals surface area contributed by atoms with Gasteiger partial charge in [-0.25, -0.2) is 0 Å². The van der Waals surface area contributed by atoms with E-state index in [1.54, 1.807) is 0 Å². The molecule has 0 unspecified atom stereocenters. The molecule has 1 aliphatic rings. The van der Waals surface area contributed by atoms with Crippen molar-refractivity contribution in [3.63, 3.8) is 0 Å². The van der Waals surface area contributed by atoms with Crippen LogP contribution in [0.1, 0.15) is 55.5 Å². The van der Waals surface area contributed by atoms with Gasteiger partial charge in [0.2, 0.25) is 0 Å². The fourth-order valence-electron chi connectivity index (χ4n) is 4.54.